The van der Waals surface area contributed by atoms with E-state index in [-0.39, 0.29) is 5.91 Å². The van der Waals surface area contributed by atoms with E-state index in [9.17, 15) is 4.79 Å². The van der Waals surface area contributed by atoms with Gasteiger partial charge in [0.05, 0.1) is 5.56 Å². The minimum atomic E-state index is -0.0725. The van der Waals surface area contributed by atoms with Crippen LogP contribution in [-0.4, -0.2) is 20.0 Å². The molecule has 2 aromatic rings. The molecule has 0 saturated carbocycles. The number of anilines is 2. The first-order valence-electron chi connectivity index (χ1n) is 6.74. The maximum absolute atomic E-state index is 12.4. The van der Waals surface area contributed by atoms with Gasteiger partial charge in [-0.1, -0.05) is 18.2 Å². The number of aryl methyl sites for hydroxylation is 2. The Morgan fingerprint density at radius 3 is 2.48 bits per heavy atom. The number of nitrogens with one attached hydrogen (secondary N) is 1. The molecular formula is C17H19IN2O. The van der Waals surface area contributed by atoms with Crippen molar-refractivity contribution in [3.8, 4) is 0 Å². The van der Waals surface area contributed by atoms with Gasteiger partial charge in [0.25, 0.3) is 5.91 Å². The standard InChI is InChI=1S/C17H19IN2O/c1-11-8-9-13(10-15(11)20(3)4)19-17(21)14-7-5-6-12(2)16(14)18/h5-10H,1-4H3,(H,19,21). The summed E-state index contributed by atoms with van der Waals surface area (Å²) in [7, 11) is 3.99. The Bertz CT molecular complexity index is 680. The summed E-state index contributed by atoms with van der Waals surface area (Å²) in [6.45, 7) is 4.07. The minimum Gasteiger partial charge on any atom is -0.377 e. The zero-order chi connectivity index (χ0) is 15.6. The molecule has 21 heavy (non-hydrogen) atoms. The summed E-state index contributed by atoms with van der Waals surface area (Å²) in [5, 5.41) is 2.98. The Kier molecular flexibility index (Phi) is 4.88. The molecule has 0 aliphatic rings. The molecule has 0 radical (unpaired) electrons. The van der Waals surface area contributed by atoms with Crippen LogP contribution in [0.1, 0.15) is 21.5 Å². The fourth-order valence-corrected chi connectivity index (χ4v) is 2.79. The fourth-order valence-electron chi connectivity index (χ4n) is 2.19. The van der Waals surface area contributed by atoms with Gasteiger partial charge >= 0.3 is 0 Å². The zero-order valence-corrected chi connectivity index (χ0v) is 14.9. The molecule has 0 saturated heterocycles. The first-order chi connectivity index (χ1) is 9.90. The minimum absolute atomic E-state index is 0.0725. The number of rotatable bonds is 3. The van der Waals surface area contributed by atoms with Gasteiger partial charge in [-0.3, -0.25) is 4.79 Å². The Morgan fingerprint density at radius 2 is 1.81 bits per heavy atom. The van der Waals surface area contributed by atoms with E-state index in [4.69, 9.17) is 0 Å². The second-order valence-corrected chi connectivity index (χ2v) is 6.37. The highest BCUT2D eigenvalue weighted by molar-refractivity contribution is 14.1. The lowest BCUT2D eigenvalue weighted by molar-refractivity contribution is 0.102. The maximum Gasteiger partial charge on any atom is 0.256 e. The van der Waals surface area contributed by atoms with Crippen LogP contribution in [0.25, 0.3) is 0 Å². The van der Waals surface area contributed by atoms with Crippen molar-refractivity contribution in [2.75, 3.05) is 24.3 Å². The average molecular weight is 394 g/mol. The topological polar surface area (TPSA) is 32.3 Å². The van der Waals surface area contributed by atoms with Crippen LogP contribution < -0.4 is 10.2 Å². The van der Waals surface area contributed by atoms with Gasteiger partial charge in [-0.15, -0.1) is 0 Å². The summed E-state index contributed by atoms with van der Waals surface area (Å²) in [5.74, 6) is -0.0725. The van der Waals surface area contributed by atoms with Crippen molar-refractivity contribution >= 4 is 39.9 Å². The normalized spacial score (nSPS) is 10.3. The largest absolute Gasteiger partial charge is 0.377 e. The summed E-state index contributed by atoms with van der Waals surface area (Å²) in [6, 6.07) is 11.7. The third-order valence-corrected chi connectivity index (χ3v) is 4.82. The van der Waals surface area contributed by atoms with Gasteiger partial charge in [-0.05, 0) is 65.8 Å². The van der Waals surface area contributed by atoms with Crippen molar-refractivity contribution in [1.29, 1.82) is 0 Å². The molecule has 2 rings (SSSR count). The molecule has 0 fully saturated rings. The van der Waals surface area contributed by atoms with E-state index in [0.29, 0.717) is 5.56 Å². The quantitative estimate of drug-likeness (QED) is 0.791. The molecule has 0 bridgehead atoms. The molecular weight excluding hydrogens is 375 g/mol. The van der Waals surface area contributed by atoms with Crippen LogP contribution in [0.2, 0.25) is 0 Å². The summed E-state index contributed by atoms with van der Waals surface area (Å²) in [5.41, 5.74) is 4.92. The number of carbonyl (C=O) groups excluding carboxylic acids is 1. The molecule has 2 aromatic carbocycles. The lowest BCUT2D eigenvalue weighted by Crippen LogP contribution is -2.15. The lowest BCUT2D eigenvalue weighted by atomic mass is 10.1. The van der Waals surface area contributed by atoms with E-state index < -0.39 is 0 Å². The molecule has 1 amide bonds. The number of carbonyl (C=O) groups is 1. The smallest absolute Gasteiger partial charge is 0.256 e. The summed E-state index contributed by atoms with van der Waals surface area (Å²) >= 11 is 2.22. The highest BCUT2D eigenvalue weighted by Crippen LogP contribution is 2.24. The van der Waals surface area contributed by atoms with Crippen molar-refractivity contribution in [2.24, 2.45) is 0 Å². The van der Waals surface area contributed by atoms with Crippen molar-refractivity contribution < 1.29 is 4.79 Å². The zero-order valence-electron chi connectivity index (χ0n) is 12.7. The van der Waals surface area contributed by atoms with Gasteiger partial charge < -0.3 is 10.2 Å². The van der Waals surface area contributed by atoms with Crippen LogP contribution in [0.3, 0.4) is 0 Å². The van der Waals surface area contributed by atoms with E-state index in [2.05, 4.69) is 34.8 Å². The number of hydrogen-bond acceptors (Lipinski definition) is 2. The van der Waals surface area contributed by atoms with Gasteiger partial charge in [0.2, 0.25) is 0 Å². The summed E-state index contributed by atoms with van der Waals surface area (Å²) in [6.07, 6.45) is 0. The summed E-state index contributed by atoms with van der Waals surface area (Å²) < 4.78 is 0.993. The number of nitrogens with zero attached hydrogens (tertiary/aromatic N) is 1. The second kappa shape index (κ2) is 6.47. The van der Waals surface area contributed by atoms with Crippen molar-refractivity contribution in [3.63, 3.8) is 0 Å². The predicted octanol–water partition coefficient (Wildman–Crippen LogP) is 4.23. The maximum atomic E-state index is 12.4. The Morgan fingerprint density at radius 1 is 1.10 bits per heavy atom. The van der Waals surface area contributed by atoms with Gasteiger partial charge in [0.15, 0.2) is 0 Å². The van der Waals surface area contributed by atoms with E-state index >= 15 is 0 Å². The molecule has 0 heterocycles. The van der Waals surface area contributed by atoms with Crippen LogP contribution >= 0.6 is 22.6 Å². The molecule has 1 N–H and O–H groups in total. The van der Waals surface area contributed by atoms with Gasteiger partial charge in [-0.2, -0.15) is 0 Å². The molecule has 0 unspecified atom stereocenters. The summed E-state index contributed by atoms with van der Waals surface area (Å²) in [4.78, 5) is 14.5. The molecule has 0 aliphatic carbocycles. The van der Waals surface area contributed by atoms with E-state index in [1.807, 2.05) is 62.3 Å². The van der Waals surface area contributed by atoms with Crippen LogP contribution in [0.15, 0.2) is 36.4 Å². The monoisotopic (exact) mass is 394 g/mol. The van der Waals surface area contributed by atoms with Crippen molar-refractivity contribution in [2.45, 2.75) is 13.8 Å². The highest BCUT2D eigenvalue weighted by atomic mass is 127. The predicted molar refractivity (Wildman–Crippen MR) is 97.4 cm³/mol. The third kappa shape index (κ3) is 3.56. The van der Waals surface area contributed by atoms with Crippen LogP contribution in [-0.2, 0) is 0 Å². The SMILES string of the molecule is Cc1ccc(NC(=O)c2cccc(C)c2I)cc1N(C)C. The molecule has 4 heteroatoms. The van der Waals surface area contributed by atoms with Crippen molar-refractivity contribution in [3.05, 3.63) is 56.7 Å². The molecule has 3 nitrogen and oxygen atoms in total. The molecule has 110 valence electrons. The number of halogens is 1. The Labute approximate surface area is 139 Å². The van der Waals surface area contributed by atoms with Crippen LogP contribution in [0.4, 0.5) is 11.4 Å². The molecule has 0 aliphatic heterocycles. The number of benzene rings is 2. The van der Waals surface area contributed by atoms with E-state index in [0.717, 1.165) is 20.5 Å². The van der Waals surface area contributed by atoms with Crippen LogP contribution in [0.5, 0.6) is 0 Å². The second-order valence-electron chi connectivity index (χ2n) is 5.29. The average Bonchev–Trinajstić information content (AvgIpc) is 2.43. The van der Waals surface area contributed by atoms with Gasteiger partial charge in [0, 0.05) is 29.0 Å². The van der Waals surface area contributed by atoms with E-state index in [1.165, 1.54) is 5.56 Å². The number of hydrogen-bond donors (Lipinski definition) is 1. The Balaban J connectivity index is 2.28. The van der Waals surface area contributed by atoms with Crippen molar-refractivity contribution in [1.82, 2.24) is 0 Å². The highest BCUT2D eigenvalue weighted by Gasteiger charge is 2.12. The fraction of sp³-hybridized carbons (Fsp3) is 0.235. The third-order valence-electron chi connectivity index (χ3n) is 3.39. The molecule has 0 spiro atoms. The first kappa shape index (κ1) is 15.8. The van der Waals surface area contributed by atoms with Gasteiger partial charge in [-0.25, -0.2) is 0 Å². The van der Waals surface area contributed by atoms with E-state index in [1.54, 1.807) is 0 Å². The first-order valence-corrected chi connectivity index (χ1v) is 7.82. The molecule has 0 aromatic heterocycles. The van der Waals surface area contributed by atoms with Gasteiger partial charge in [0.1, 0.15) is 0 Å². The van der Waals surface area contributed by atoms with Crippen LogP contribution in [0, 0.1) is 17.4 Å². The molecule has 0 atom stereocenters. The Hall–Kier alpha value is -1.56. The lowest BCUT2D eigenvalue weighted by Gasteiger charge is -2.17. The number of amides is 1.